The number of aromatic nitrogens is 6. The first-order valence-electron chi connectivity index (χ1n) is 48.9. The van der Waals surface area contributed by atoms with Gasteiger partial charge in [0.05, 0.1) is 112 Å². The molecule has 2 aliphatic carbocycles. The number of carbonyl (C=O) groups is 10. The van der Waals surface area contributed by atoms with Crippen molar-refractivity contribution in [3.8, 4) is 45.3 Å². The minimum atomic E-state index is -1.04. The molecule has 10 N–H and O–H groups in total. The number of amides is 9. The van der Waals surface area contributed by atoms with Gasteiger partial charge in [-0.15, -0.1) is 0 Å². The van der Waals surface area contributed by atoms with E-state index < -0.39 is 65.3 Å². The van der Waals surface area contributed by atoms with Crippen molar-refractivity contribution >= 4 is 92.8 Å². The number of piperidine rings is 2. The molecule has 6 aromatic carbocycles. The van der Waals surface area contributed by atoms with Crippen LogP contribution in [0, 0.1) is 0 Å². The van der Waals surface area contributed by atoms with Crippen molar-refractivity contribution in [1.82, 2.24) is 74.4 Å². The first-order valence-corrected chi connectivity index (χ1v) is 48.9. The van der Waals surface area contributed by atoms with Crippen LogP contribution in [0.2, 0.25) is 0 Å². The second kappa shape index (κ2) is 49.3. The van der Waals surface area contributed by atoms with E-state index in [0.29, 0.717) is 133 Å². The Morgan fingerprint density at radius 3 is 1.17 bits per heavy atom. The summed E-state index contributed by atoms with van der Waals surface area (Å²) in [6.07, 6.45) is 17.2. The van der Waals surface area contributed by atoms with E-state index in [2.05, 4.69) is 91.3 Å². The quantitative estimate of drug-likeness (QED) is 0.0138. The van der Waals surface area contributed by atoms with E-state index >= 15 is 0 Å². The van der Waals surface area contributed by atoms with Crippen LogP contribution in [0.5, 0.6) is 23.0 Å². The van der Waals surface area contributed by atoms with Gasteiger partial charge in [0.15, 0.2) is 0 Å². The monoisotopic (exact) mass is 1930 g/mol. The normalized spacial score (nSPS) is 19.8. The van der Waals surface area contributed by atoms with Crippen molar-refractivity contribution in [2.45, 2.75) is 139 Å². The van der Waals surface area contributed by atoms with E-state index in [9.17, 15) is 47.9 Å². The number of rotatable bonds is 41. The molecule has 2 unspecified atom stereocenters. The lowest BCUT2D eigenvalue weighted by atomic mass is 9.89. The first-order chi connectivity index (χ1) is 68.8. The van der Waals surface area contributed by atoms with Crippen LogP contribution in [-0.2, 0) is 70.0 Å². The van der Waals surface area contributed by atoms with E-state index in [1.807, 2.05) is 84.9 Å². The van der Waals surface area contributed by atoms with Crippen molar-refractivity contribution in [1.29, 1.82) is 0 Å². The first kappa shape index (κ1) is 101. The lowest BCUT2D eigenvalue weighted by molar-refractivity contribution is -0.137. The smallest absolute Gasteiger partial charge is 0.303 e. The van der Waals surface area contributed by atoms with Crippen molar-refractivity contribution in [3.05, 3.63) is 204 Å². The van der Waals surface area contributed by atoms with Gasteiger partial charge in [0.1, 0.15) is 70.7 Å². The number of hydrogen-bond donors (Lipinski definition) is 7. The summed E-state index contributed by atoms with van der Waals surface area (Å²) in [5.41, 5.74) is 26.1. The van der Waals surface area contributed by atoms with Gasteiger partial charge in [0.25, 0.3) is 23.6 Å². The lowest BCUT2D eigenvalue weighted by Crippen LogP contribution is -2.54. The zero-order chi connectivity index (χ0) is 98.1. The zero-order valence-electron chi connectivity index (χ0n) is 79.3. The Kier molecular flexibility index (Phi) is 35.2. The molecule has 9 amide bonds. The minimum absolute atomic E-state index is 0.0453. The maximum Gasteiger partial charge on any atom is 0.303 e. The molecule has 10 heterocycles. The van der Waals surface area contributed by atoms with Crippen molar-refractivity contribution in [3.63, 3.8) is 0 Å². The van der Waals surface area contributed by atoms with Crippen LogP contribution in [0.15, 0.2) is 171 Å². The van der Waals surface area contributed by atoms with Crippen LogP contribution >= 0.6 is 0 Å². The Hall–Kier alpha value is -13.2. The number of nitrogens with zero attached hydrogens (tertiary/aromatic N) is 12. The summed E-state index contributed by atoms with van der Waals surface area (Å²) in [5.74, 6) is -1.61. The van der Waals surface area contributed by atoms with E-state index in [4.69, 9.17) is 70.2 Å². The number of nitrogen functional groups attached to an aromatic ring is 2. The molecule has 37 nitrogen and oxygen atoms in total. The fourth-order valence-corrected chi connectivity index (χ4v) is 20.0. The minimum Gasteiger partial charge on any atom is -0.481 e. The predicted octanol–water partition coefficient (Wildman–Crippen LogP) is 9.46. The number of imide groups is 4. The third kappa shape index (κ3) is 25.6. The highest BCUT2D eigenvalue weighted by atomic mass is 16.6. The van der Waals surface area contributed by atoms with Gasteiger partial charge in [-0.05, 0) is 160 Å². The molecule has 6 fully saturated rings. The molecule has 0 spiro atoms. The van der Waals surface area contributed by atoms with Gasteiger partial charge in [-0.1, -0.05) is 84.9 Å². The highest BCUT2D eigenvalue weighted by molar-refractivity contribution is 6.25. The van der Waals surface area contributed by atoms with Gasteiger partial charge < -0.3 is 74.7 Å². The molecular weight excluding hydrogens is 1810 g/mol. The summed E-state index contributed by atoms with van der Waals surface area (Å²) < 4.78 is 50.5. The summed E-state index contributed by atoms with van der Waals surface area (Å²) >= 11 is 0. The predicted molar refractivity (Wildman–Crippen MR) is 524 cm³/mol. The average Bonchev–Trinajstić information content (AvgIpc) is 1.64. The van der Waals surface area contributed by atoms with E-state index in [1.165, 1.54) is 25.0 Å². The van der Waals surface area contributed by atoms with E-state index in [1.54, 1.807) is 36.9 Å². The van der Waals surface area contributed by atoms with Crippen LogP contribution in [-0.4, -0.2) is 305 Å². The average molecular weight is 1930 g/mol. The van der Waals surface area contributed by atoms with Crippen LogP contribution in [0.4, 0.5) is 11.6 Å². The number of aliphatic carboxylic acids is 1. The number of carboxylic acids is 1. The molecular formula is C104H124N18O19. The molecule has 0 radical (unpaired) electrons. The maximum atomic E-state index is 13.3. The Labute approximate surface area is 817 Å². The topological polar surface area (TPSA) is 460 Å². The van der Waals surface area contributed by atoms with Crippen LogP contribution < -0.4 is 42.6 Å². The number of fused-ring (bicyclic) bond motifs is 4. The summed E-state index contributed by atoms with van der Waals surface area (Å²) in [5, 5.41) is 17.8. The Morgan fingerprint density at radius 1 is 0.397 bits per heavy atom. The van der Waals surface area contributed by atoms with Gasteiger partial charge in [0, 0.05) is 152 Å². The largest absolute Gasteiger partial charge is 0.481 e. The van der Waals surface area contributed by atoms with Gasteiger partial charge in [-0.3, -0.25) is 88.0 Å². The fraction of sp³-hybridized carbons (Fsp3) is 0.442. The van der Waals surface area contributed by atoms with E-state index in [0.717, 1.165) is 188 Å². The number of carbonyl (C=O) groups excluding carboxylic acids is 9. The zero-order valence-corrected chi connectivity index (χ0v) is 79.3. The molecule has 10 aromatic rings. The SMILES string of the molecule is NCCOCCOCCOCCN1CCN(C2CCC(n3cc(-c4ccc(Oc5ccccc5)cc4)c4c(N)ncnc43)CC2)CC1.Nc1ncnc2c1c(-c1ccc(Oc3ccccc3)cc1)cn2C1CCC(N2CCN(CCOCCOCCOCCNC(=O)CCc3cccc4c3C(=O)N(C3CCC(=O)NC3=O)C4=O)CC2)CC1.O=C(O)CCc1cccc2c1C(=O)N(C1CCC(=O)NC1=O)C2=O. The van der Waals surface area contributed by atoms with Crippen LogP contribution in [0.1, 0.15) is 155 Å². The molecule has 6 aliphatic heterocycles. The Bertz CT molecular complexity index is 6000. The van der Waals surface area contributed by atoms with E-state index in [-0.39, 0.29) is 79.5 Å². The van der Waals surface area contributed by atoms with Crippen molar-refractivity contribution in [2.24, 2.45) is 5.73 Å². The number of benzene rings is 6. The lowest BCUT2D eigenvalue weighted by Gasteiger charge is -2.42. The Balaban J connectivity index is 0.000000172. The second-order valence-corrected chi connectivity index (χ2v) is 36.2. The molecule has 18 rings (SSSR count). The number of para-hydroxylation sites is 2. The summed E-state index contributed by atoms with van der Waals surface area (Å²) in [6.45, 7) is 17.7. The molecule has 2 saturated carbocycles. The number of anilines is 2. The number of hydrogen-bond acceptors (Lipinski definition) is 29. The molecule has 141 heavy (non-hydrogen) atoms. The third-order valence-electron chi connectivity index (χ3n) is 27.3. The Morgan fingerprint density at radius 2 is 0.773 bits per heavy atom. The van der Waals surface area contributed by atoms with Crippen LogP contribution in [0.25, 0.3) is 44.3 Å². The number of aryl methyl sites for hydroxylation is 2. The van der Waals surface area contributed by atoms with Crippen molar-refractivity contribution < 1.29 is 90.9 Å². The molecule has 0 bridgehead atoms. The number of carboxylic acid groups (broad SMARTS) is 1. The number of nitrogens with one attached hydrogen (secondary N) is 3. The molecule has 744 valence electrons. The van der Waals surface area contributed by atoms with Crippen LogP contribution in [0.3, 0.4) is 0 Å². The van der Waals surface area contributed by atoms with Crippen molar-refractivity contribution in [2.75, 3.05) is 169 Å². The molecule has 2 atom stereocenters. The summed E-state index contributed by atoms with van der Waals surface area (Å²) in [7, 11) is 0. The van der Waals surface area contributed by atoms with Gasteiger partial charge in [-0.25, -0.2) is 19.9 Å². The maximum absolute atomic E-state index is 13.3. The van der Waals surface area contributed by atoms with Gasteiger partial charge in [0.2, 0.25) is 29.5 Å². The fourth-order valence-electron chi connectivity index (χ4n) is 20.0. The molecule has 8 aliphatic rings. The summed E-state index contributed by atoms with van der Waals surface area (Å²) in [4.78, 5) is 152. The number of piperazine rings is 2. The standard InChI is InChI=1S/C52H61N9O9.C36H49N7O4.C16H14N2O6/c53-48-47-42(35-9-16-40(17-10-35)70-39-6-2-1-3-7-39)33-60(49(47)56-34-55-48)38-14-12-37(13-15-38)59-24-22-58(23-25-59)26-28-68-30-32-69-31-29-67-27-21-54-44(62)19-11-36-5-4-8-41-46(36)52(66)61(51(41)65)43-18-20-45(63)57-50(43)64;37-14-20-44-22-24-46-25-23-45-21-19-41-15-17-42(18-16-41)29-8-10-30(11-9-29)43-26-33(34-35(38)39-27-40-36(34)43)28-6-12-32(13-7-28)47-31-4-2-1-3-5-31;19-11-6-5-10(14(22)17-11)18-15(23)9-3-1-2-8(4-7-12(20)21)13(9)16(18)24/h1-10,16-17,33-34,37-38,43H,11-15,18-32H2,(H,54,62)(H2,53,55,56)(H,57,63,64);1-7,12-13,26-27,29-30H,8-11,14-25,37H2,(H2,38,39,40);1-3,10H,4-7H2,(H,20,21)(H,17,19,22). The van der Waals surface area contributed by atoms with Gasteiger partial charge >= 0.3 is 5.97 Å². The highest BCUT2D eigenvalue weighted by Crippen LogP contribution is 2.43. The molecule has 37 heteroatoms. The molecule has 4 aromatic heterocycles. The van der Waals surface area contributed by atoms with Gasteiger partial charge in [-0.2, -0.15) is 0 Å². The summed E-state index contributed by atoms with van der Waals surface area (Å²) in [6, 6.07) is 45.3. The highest BCUT2D eigenvalue weighted by Gasteiger charge is 2.48. The number of nitrogens with two attached hydrogens (primary N) is 3. The second-order valence-electron chi connectivity index (χ2n) is 36.2. The number of ether oxygens (including phenoxy) is 8. The molecule has 4 saturated heterocycles. The third-order valence-corrected chi connectivity index (χ3v) is 27.3.